The van der Waals surface area contributed by atoms with Gasteiger partial charge in [0.15, 0.2) is 0 Å². The predicted octanol–water partition coefficient (Wildman–Crippen LogP) is 3.15. The van der Waals surface area contributed by atoms with Crippen molar-refractivity contribution in [2.45, 2.75) is 37.5 Å². The minimum Gasteiger partial charge on any atom is -0.302 e. The van der Waals surface area contributed by atoms with Gasteiger partial charge in [0, 0.05) is 4.88 Å². The van der Waals surface area contributed by atoms with Gasteiger partial charge in [0.1, 0.15) is 6.29 Å². The summed E-state index contributed by atoms with van der Waals surface area (Å²) in [5.41, 5.74) is -0.119. The maximum absolute atomic E-state index is 11.2. The van der Waals surface area contributed by atoms with Crippen LogP contribution in [-0.4, -0.2) is 6.29 Å². The molecule has 0 amide bonds. The number of aldehydes is 1. The molecule has 2 rings (SSSR count). The quantitative estimate of drug-likeness (QED) is 0.661. The van der Waals surface area contributed by atoms with Crippen molar-refractivity contribution in [2.24, 2.45) is 0 Å². The van der Waals surface area contributed by atoms with E-state index in [4.69, 9.17) is 0 Å². The smallest absolute Gasteiger partial charge is 0.131 e. The van der Waals surface area contributed by atoms with Gasteiger partial charge in [0.05, 0.1) is 5.41 Å². The zero-order valence-electron chi connectivity index (χ0n) is 7.66. The first kappa shape index (κ1) is 8.95. The lowest BCUT2D eigenvalue weighted by Gasteiger charge is -2.30. The molecule has 2 heteroatoms. The van der Waals surface area contributed by atoms with Gasteiger partial charge in [-0.2, -0.15) is 0 Å². The Morgan fingerprint density at radius 3 is 2.62 bits per heavy atom. The molecule has 0 N–H and O–H groups in total. The highest BCUT2D eigenvalue weighted by atomic mass is 32.1. The summed E-state index contributed by atoms with van der Waals surface area (Å²) in [6.07, 6.45) is 6.99. The van der Waals surface area contributed by atoms with E-state index in [1.807, 2.05) is 6.07 Å². The molecule has 0 atom stereocenters. The van der Waals surface area contributed by atoms with Crippen molar-refractivity contribution in [2.75, 3.05) is 0 Å². The highest BCUT2D eigenvalue weighted by molar-refractivity contribution is 7.10. The molecule has 1 aromatic rings. The summed E-state index contributed by atoms with van der Waals surface area (Å²) in [5, 5.41) is 2.06. The van der Waals surface area contributed by atoms with Crippen LogP contribution in [0.2, 0.25) is 0 Å². The molecule has 0 aliphatic heterocycles. The monoisotopic (exact) mass is 194 g/mol. The Bertz CT molecular complexity index is 270. The lowest BCUT2D eigenvalue weighted by molar-refractivity contribution is -0.113. The van der Waals surface area contributed by atoms with E-state index in [0.717, 1.165) is 12.8 Å². The van der Waals surface area contributed by atoms with Crippen molar-refractivity contribution >= 4 is 17.6 Å². The van der Waals surface area contributed by atoms with Crippen LogP contribution in [0, 0.1) is 0 Å². The van der Waals surface area contributed by atoms with Crippen LogP contribution in [0.1, 0.15) is 37.0 Å². The average molecular weight is 194 g/mol. The number of carbonyl (C=O) groups is 1. The Morgan fingerprint density at radius 2 is 2.08 bits per heavy atom. The van der Waals surface area contributed by atoms with E-state index in [9.17, 15) is 4.79 Å². The minimum atomic E-state index is -0.119. The second kappa shape index (κ2) is 3.62. The van der Waals surface area contributed by atoms with Gasteiger partial charge >= 0.3 is 0 Å². The highest BCUT2D eigenvalue weighted by Gasteiger charge is 2.34. The Morgan fingerprint density at radius 1 is 1.31 bits per heavy atom. The fourth-order valence-corrected chi connectivity index (χ4v) is 3.11. The second-order valence-corrected chi connectivity index (χ2v) is 4.76. The van der Waals surface area contributed by atoms with Crippen LogP contribution in [0.3, 0.4) is 0 Å². The molecular weight excluding hydrogens is 180 g/mol. The maximum Gasteiger partial charge on any atom is 0.131 e. The van der Waals surface area contributed by atoms with Crippen molar-refractivity contribution in [3.8, 4) is 0 Å². The normalized spacial score (nSPS) is 21.2. The highest BCUT2D eigenvalue weighted by Crippen LogP contribution is 2.39. The standard InChI is InChI=1S/C11H14OS/c12-9-11(6-2-1-3-7-11)10-5-4-8-13-10/h4-5,8-9H,1-3,6-7H2. The van der Waals surface area contributed by atoms with E-state index in [-0.39, 0.29) is 5.41 Å². The molecular formula is C11H14OS. The summed E-state index contributed by atoms with van der Waals surface area (Å²) in [6, 6.07) is 4.14. The fourth-order valence-electron chi connectivity index (χ4n) is 2.17. The lowest BCUT2D eigenvalue weighted by atomic mass is 9.74. The molecule has 13 heavy (non-hydrogen) atoms. The van der Waals surface area contributed by atoms with Crippen molar-refractivity contribution in [3.63, 3.8) is 0 Å². The van der Waals surface area contributed by atoms with E-state index in [1.54, 1.807) is 11.3 Å². The number of hydrogen-bond acceptors (Lipinski definition) is 2. The van der Waals surface area contributed by atoms with Gasteiger partial charge in [-0.05, 0) is 24.3 Å². The van der Waals surface area contributed by atoms with Crippen molar-refractivity contribution < 1.29 is 4.79 Å². The molecule has 0 unspecified atom stereocenters. The van der Waals surface area contributed by atoms with Gasteiger partial charge in [-0.3, -0.25) is 0 Å². The lowest BCUT2D eigenvalue weighted by Crippen LogP contribution is -2.29. The molecule has 0 aromatic carbocycles. The van der Waals surface area contributed by atoms with E-state index in [0.29, 0.717) is 0 Å². The van der Waals surface area contributed by atoms with E-state index in [1.165, 1.54) is 30.4 Å². The zero-order chi connectivity index (χ0) is 9.15. The molecule has 0 bridgehead atoms. The maximum atomic E-state index is 11.2. The van der Waals surface area contributed by atoms with E-state index >= 15 is 0 Å². The summed E-state index contributed by atoms with van der Waals surface area (Å²) in [4.78, 5) is 12.5. The van der Waals surface area contributed by atoms with Crippen LogP contribution in [-0.2, 0) is 10.2 Å². The number of hydrogen-bond donors (Lipinski definition) is 0. The predicted molar refractivity (Wildman–Crippen MR) is 55.1 cm³/mol. The van der Waals surface area contributed by atoms with Crippen LogP contribution < -0.4 is 0 Å². The van der Waals surface area contributed by atoms with Gasteiger partial charge in [-0.1, -0.05) is 25.3 Å². The molecule has 1 nitrogen and oxygen atoms in total. The fraction of sp³-hybridized carbons (Fsp3) is 0.545. The Kier molecular flexibility index (Phi) is 2.49. The Labute approximate surface area is 82.8 Å². The van der Waals surface area contributed by atoms with E-state index in [2.05, 4.69) is 11.4 Å². The Balaban J connectivity index is 2.28. The molecule has 0 saturated heterocycles. The first-order chi connectivity index (χ1) is 6.37. The molecule has 1 fully saturated rings. The molecule has 0 radical (unpaired) electrons. The topological polar surface area (TPSA) is 17.1 Å². The van der Waals surface area contributed by atoms with Crippen LogP contribution in [0.25, 0.3) is 0 Å². The second-order valence-electron chi connectivity index (χ2n) is 3.81. The van der Waals surface area contributed by atoms with Gasteiger partial charge < -0.3 is 4.79 Å². The number of thiophene rings is 1. The summed E-state index contributed by atoms with van der Waals surface area (Å²) in [7, 11) is 0. The van der Waals surface area contributed by atoms with Crippen molar-refractivity contribution in [1.82, 2.24) is 0 Å². The third-order valence-corrected chi connectivity index (χ3v) is 4.07. The molecule has 70 valence electrons. The molecule has 1 aromatic heterocycles. The summed E-state index contributed by atoms with van der Waals surface area (Å²) >= 11 is 1.72. The van der Waals surface area contributed by atoms with Crippen molar-refractivity contribution in [1.29, 1.82) is 0 Å². The van der Waals surface area contributed by atoms with Crippen molar-refractivity contribution in [3.05, 3.63) is 22.4 Å². The largest absolute Gasteiger partial charge is 0.302 e. The van der Waals surface area contributed by atoms with Crippen LogP contribution in [0.4, 0.5) is 0 Å². The third-order valence-electron chi connectivity index (χ3n) is 2.98. The molecule has 1 aliphatic carbocycles. The number of rotatable bonds is 2. The average Bonchev–Trinajstić information content (AvgIpc) is 2.72. The van der Waals surface area contributed by atoms with Crippen LogP contribution >= 0.6 is 11.3 Å². The third kappa shape index (κ3) is 1.55. The summed E-state index contributed by atoms with van der Waals surface area (Å²) in [5.74, 6) is 0. The van der Waals surface area contributed by atoms with Gasteiger partial charge in [0.25, 0.3) is 0 Å². The zero-order valence-corrected chi connectivity index (χ0v) is 8.48. The van der Waals surface area contributed by atoms with E-state index < -0.39 is 0 Å². The van der Waals surface area contributed by atoms with Gasteiger partial charge in [-0.15, -0.1) is 11.3 Å². The number of carbonyl (C=O) groups excluding carboxylic acids is 1. The van der Waals surface area contributed by atoms with Gasteiger partial charge in [-0.25, -0.2) is 0 Å². The van der Waals surface area contributed by atoms with Crippen LogP contribution in [0.5, 0.6) is 0 Å². The van der Waals surface area contributed by atoms with Crippen LogP contribution in [0.15, 0.2) is 17.5 Å². The first-order valence-corrected chi connectivity index (χ1v) is 5.76. The Hall–Kier alpha value is -0.630. The molecule has 0 spiro atoms. The SMILES string of the molecule is O=CC1(c2cccs2)CCCCC1. The molecule has 1 aliphatic rings. The summed E-state index contributed by atoms with van der Waals surface area (Å²) in [6.45, 7) is 0. The van der Waals surface area contributed by atoms with Gasteiger partial charge in [0.2, 0.25) is 0 Å². The summed E-state index contributed by atoms with van der Waals surface area (Å²) < 4.78 is 0. The first-order valence-electron chi connectivity index (χ1n) is 4.88. The minimum absolute atomic E-state index is 0.119. The molecule has 1 saturated carbocycles. The molecule has 1 heterocycles.